The Kier molecular flexibility index (Phi) is 4.34. The van der Waals surface area contributed by atoms with Crippen molar-refractivity contribution in [2.24, 2.45) is 0 Å². The molecule has 4 aromatic rings. The van der Waals surface area contributed by atoms with Crippen LogP contribution < -0.4 is 30.2 Å². The Balaban J connectivity index is 2.32. The molecule has 2 aromatic carbocycles. The minimum absolute atomic E-state index is 0.00989. The minimum atomic E-state index is -0.822. The summed E-state index contributed by atoms with van der Waals surface area (Å²) in [5.41, 5.74) is -2.02. The Morgan fingerprint density at radius 1 is 0.733 bits per heavy atom. The van der Waals surface area contributed by atoms with E-state index in [0.717, 1.165) is 13.8 Å². The van der Waals surface area contributed by atoms with E-state index in [-0.39, 0.29) is 55.7 Å². The first-order valence-corrected chi connectivity index (χ1v) is 8.58. The molecule has 0 aliphatic rings. The summed E-state index contributed by atoms with van der Waals surface area (Å²) in [5, 5.41) is 0.309. The molecule has 0 N–H and O–H groups in total. The maximum absolute atomic E-state index is 12.7. The highest BCUT2D eigenvalue weighted by Gasteiger charge is 2.28. The van der Waals surface area contributed by atoms with Crippen LogP contribution in [0.3, 0.4) is 0 Å². The molecule has 0 amide bonds. The molecule has 0 aliphatic heterocycles. The van der Waals surface area contributed by atoms with Gasteiger partial charge in [0, 0.05) is 24.6 Å². The van der Waals surface area contributed by atoms with Gasteiger partial charge >= 0.3 is 23.2 Å². The molecule has 0 radical (unpaired) electrons. The lowest BCUT2D eigenvalue weighted by Gasteiger charge is -2.16. The van der Waals surface area contributed by atoms with Gasteiger partial charge in [0.1, 0.15) is 0 Å². The van der Waals surface area contributed by atoms with Gasteiger partial charge in [0.2, 0.25) is 11.5 Å². The van der Waals surface area contributed by atoms with Gasteiger partial charge in [-0.1, -0.05) is 0 Å². The van der Waals surface area contributed by atoms with Gasteiger partial charge in [-0.15, -0.1) is 0 Å². The van der Waals surface area contributed by atoms with Crippen LogP contribution in [-0.4, -0.2) is 26.2 Å². The minimum Gasteiger partial charge on any atom is -0.493 e. The Morgan fingerprint density at radius 3 is 1.40 bits per heavy atom. The third-order valence-corrected chi connectivity index (χ3v) is 4.41. The number of ether oxygens (including phenoxy) is 4. The topological polar surface area (TPSA) is 131 Å². The molecule has 0 spiro atoms. The van der Waals surface area contributed by atoms with Crippen molar-refractivity contribution in [3.8, 4) is 23.0 Å². The molecule has 0 saturated carbocycles. The lowest BCUT2D eigenvalue weighted by atomic mass is 10.0. The molecule has 0 aliphatic carbocycles. The second-order valence-corrected chi connectivity index (χ2v) is 6.29. The maximum atomic E-state index is 12.7. The molecule has 154 valence electrons. The van der Waals surface area contributed by atoms with Gasteiger partial charge in [-0.3, -0.25) is 9.59 Å². The fourth-order valence-electron chi connectivity index (χ4n) is 3.33. The van der Waals surface area contributed by atoms with E-state index in [0.29, 0.717) is 0 Å². The smallest absolute Gasteiger partial charge is 0.344 e. The molecule has 10 nitrogen and oxygen atoms in total. The number of methoxy groups -OCH3 is 2. The van der Waals surface area contributed by atoms with Crippen LogP contribution in [0, 0.1) is 0 Å². The summed E-state index contributed by atoms with van der Waals surface area (Å²) in [4.78, 5) is 48.7. The Bertz CT molecular complexity index is 1350. The summed E-state index contributed by atoms with van der Waals surface area (Å²) in [6.45, 7) is 2.32. The summed E-state index contributed by atoms with van der Waals surface area (Å²) in [5.74, 6) is -1.75. The van der Waals surface area contributed by atoms with E-state index in [1.807, 2.05) is 0 Å². The van der Waals surface area contributed by atoms with Crippen molar-refractivity contribution in [3.63, 3.8) is 0 Å². The number of hydrogen-bond donors (Lipinski definition) is 0. The molecule has 0 bridgehead atoms. The summed E-state index contributed by atoms with van der Waals surface area (Å²) in [6.07, 6.45) is 0. The first kappa shape index (κ1) is 19.2. The van der Waals surface area contributed by atoms with E-state index < -0.39 is 23.2 Å². The number of carbonyl (C=O) groups is 2. The number of benzene rings is 2. The van der Waals surface area contributed by atoms with Gasteiger partial charge in [-0.05, 0) is 12.1 Å². The van der Waals surface area contributed by atoms with Crippen molar-refractivity contribution in [1.82, 2.24) is 0 Å². The highest BCUT2D eigenvalue weighted by molar-refractivity contribution is 6.22. The van der Waals surface area contributed by atoms with Gasteiger partial charge in [0.15, 0.2) is 22.7 Å². The lowest BCUT2D eigenvalue weighted by Crippen LogP contribution is -2.12. The highest BCUT2D eigenvalue weighted by atomic mass is 16.6. The van der Waals surface area contributed by atoms with Crippen molar-refractivity contribution >= 4 is 44.6 Å². The van der Waals surface area contributed by atoms with Gasteiger partial charge in [0.25, 0.3) is 0 Å². The van der Waals surface area contributed by atoms with E-state index in [2.05, 4.69) is 0 Å². The van der Waals surface area contributed by atoms with Crippen LogP contribution in [0.5, 0.6) is 23.0 Å². The first-order chi connectivity index (χ1) is 14.3. The number of hydrogen-bond acceptors (Lipinski definition) is 10. The molecular weight excluding hydrogens is 400 g/mol. The Morgan fingerprint density at radius 2 is 1.10 bits per heavy atom. The molecular formula is C20H14O10. The molecule has 0 unspecified atom stereocenters. The number of esters is 2. The summed E-state index contributed by atoms with van der Waals surface area (Å²) in [6, 6.07) is 2.61. The van der Waals surface area contributed by atoms with Crippen LogP contribution in [0.2, 0.25) is 0 Å². The van der Waals surface area contributed by atoms with Crippen molar-refractivity contribution in [3.05, 3.63) is 33.0 Å². The monoisotopic (exact) mass is 414 g/mol. The van der Waals surface area contributed by atoms with Crippen LogP contribution >= 0.6 is 0 Å². The van der Waals surface area contributed by atoms with Crippen LogP contribution in [-0.2, 0) is 9.59 Å². The van der Waals surface area contributed by atoms with Crippen molar-refractivity contribution < 1.29 is 37.4 Å². The average molecular weight is 414 g/mol. The first-order valence-electron chi connectivity index (χ1n) is 8.58. The normalized spacial score (nSPS) is 11.2. The van der Waals surface area contributed by atoms with E-state index in [9.17, 15) is 19.2 Å². The predicted molar refractivity (Wildman–Crippen MR) is 103 cm³/mol. The van der Waals surface area contributed by atoms with E-state index in [1.54, 1.807) is 0 Å². The molecule has 4 rings (SSSR count). The highest BCUT2D eigenvalue weighted by Crippen LogP contribution is 2.46. The van der Waals surface area contributed by atoms with E-state index >= 15 is 0 Å². The lowest BCUT2D eigenvalue weighted by molar-refractivity contribution is -0.132. The number of carbonyl (C=O) groups excluding carboxylic acids is 2. The Labute approximate surface area is 166 Å². The fourth-order valence-corrected chi connectivity index (χ4v) is 3.33. The number of rotatable bonds is 4. The third-order valence-electron chi connectivity index (χ3n) is 4.41. The quantitative estimate of drug-likeness (QED) is 0.212. The van der Waals surface area contributed by atoms with E-state index in [4.69, 9.17) is 27.8 Å². The standard InChI is InChI=1S/C20H14O10/c1-7(21)27-15-11(25-3)5-9-13-14-10(19(23)29-17(13)15)6-12(26-4)16(28-8(2)22)18(14)30-20(9)24/h5-6H,1-4H3. The van der Waals surface area contributed by atoms with Gasteiger partial charge in [-0.2, -0.15) is 0 Å². The van der Waals surface area contributed by atoms with Crippen LogP contribution in [0.25, 0.3) is 32.7 Å². The second kappa shape index (κ2) is 6.76. The largest absolute Gasteiger partial charge is 0.493 e. The average Bonchev–Trinajstić information content (AvgIpc) is 2.68. The van der Waals surface area contributed by atoms with Gasteiger partial charge in [-0.25, -0.2) is 9.59 Å². The molecule has 0 saturated heterocycles. The summed E-state index contributed by atoms with van der Waals surface area (Å²) >= 11 is 0. The Hall–Kier alpha value is -4.08. The second-order valence-electron chi connectivity index (χ2n) is 6.29. The zero-order chi connectivity index (χ0) is 21.7. The molecule has 2 aromatic heterocycles. The third kappa shape index (κ3) is 2.72. The maximum Gasteiger partial charge on any atom is 0.344 e. The van der Waals surface area contributed by atoms with Gasteiger partial charge < -0.3 is 27.8 Å². The molecule has 10 heteroatoms. The van der Waals surface area contributed by atoms with Crippen LogP contribution in [0.4, 0.5) is 0 Å². The summed E-state index contributed by atoms with van der Waals surface area (Å²) < 4.78 is 31.6. The van der Waals surface area contributed by atoms with Crippen LogP contribution in [0.15, 0.2) is 30.6 Å². The fraction of sp³-hybridized carbons (Fsp3) is 0.200. The summed E-state index contributed by atoms with van der Waals surface area (Å²) in [7, 11) is 2.59. The van der Waals surface area contributed by atoms with E-state index in [1.165, 1.54) is 26.4 Å². The molecule has 0 atom stereocenters. The van der Waals surface area contributed by atoms with Crippen molar-refractivity contribution in [1.29, 1.82) is 0 Å². The predicted octanol–water partition coefficient (Wildman–Crippen LogP) is 2.36. The zero-order valence-electron chi connectivity index (χ0n) is 16.2. The van der Waals surface area contributed by atoms with Crippen molar-refractivity contribution in [2.45, 2.75) is 13.8 Å². The molecule has 2 heterocycles. The zero-order valence-corrected chi connectivity index (χ0v) is 16.2. The van der Waals surface area contributed by atoms with Gasteiger partial charge in [0.05, 0.1) is 25.0 Å². The SMILES string of the molecule is COc1cc2c(=O)oc3c(OC(C)=O)c(OC)cc4c(=O)oc(c1OC(C)=O)c2c34. The van der Waals surface area contributed by atoms with Crippen molar-refractivity contribution in [2.75, 3.05) is 14.2 Å². The molecule has 0 fully saturated rings. The van der Waals surface area contributed by atoms with Crippen LogP contribution in [0.1, 0.15) is 13.8 Å². The molecule has 30 heavy (non-hydrogen) atoms.